The SMILES string of the molecule is [CH2]OOC(=O)c1cccc(C)c1. The summed E-state index contributed by atoms with van der Waals surface area (Å²) in [5.74, 6) is -0.534. The van der Waals surface area contributed by atoms with Crippen molar-refractivity contribution in [3.8, 4) is 0 Å². The Kier molecular flexibility index (Phi) is 2.82. The van der Waals surface area contributed by atoms with Gasteiger partial charge in [0.2, 0.25) is 0 Å². The van der Waals surface area contributed by atoms with Crippen molar-refractivity contribution in [3.05, 3.63) is 42.5 Å². The summed E-state index contributed by atoms with van der Waals surface area (Å²) >= 11 is 0. The summed E-state index contributed by atoms with van der Waals surface area (Å²) in [5, 5.41) is 0. The fraction of sp³-hybridized carbons (Fsp3) is 0.111. The quantitative estimate of drug-likeness (QED) is 0.495. The van der Waals surface area contributed by atoms with Gasteiger partial charge in [0.1, 0.15) is 7.11 Å². The zero-order valence-corrected chi connectivity index (χ0v) is 6.74. The maximum Gasteiger partial charge on any atom is 0.373 e. The summed E-state index contributed by atoms with van der Waals surface area (Å²) in [6, 6.07) is 7.02. The lowest BCUT2D eigenvalue weighted by molar-refractivity contribution is -0.195. The summed E-state index contributed by atoms with van der Waals surface area (Å²) in [7, 11) is 2.93. The van der Waals surface area contributed by atoms with E-state index in [-0.39, 0.29) is 0 Å². The molecule has 0 aliphatic heterocycles. The molecule has 3 nitrogen and oxygen atoms in total. The molecule has 0 atom stereocenters. The molecule has 1 radical (unpaired) electrons. The van der Waals surface area contributed by atoms with Crippen LogP contribution in [-0.4, -0.2) is 5.97 Å². The van der Waals surface area contributed by atoms with Crippen molar-refractivity contribution in [2.24, 2.45) is 0 Å². The molecule has 63 valence electrons. The van der Waals surface area contributed by atoms with E-state index in [1.54, 1.807) is 18.2 Å². The van der Waals surface area contributed by atoms with E-state index in [1.165, 1.54) is 0 Å². The third-order valence-electron chi connectivity index (χ3n) is 1.39. The van der Waals surface area contributed by atoms with Gasteiger partial charge in [-0.2, -0.15) is 4.89 Å². The number of rotatable bonds is 2. The average Bonchev–Trinajstić information content (AvgIpc) is 2.05. The Morgan fingerprint density at radius 1 is 1.50 bits per heavy atom. The third-order valence-corrected chi connectivity index (χ3v) is 1.39. The van der Waals surface area contributed by atoms with Crippen LogP contribution in [0, 0.1) is 14.0 Å². The van der Waals surface area contributed by atoms with Crippen LogP contribution in [0.3, 0.4) is 0 Å². The average molecular weight is 165 g/mol. The molecule has 3 heteroatoms. The van der Waals surface area contributed by atoms with E-state index in [4.69, 9.17) is 0 Å². The van der Waals surface area contributed by atoms with Crippen LogP contribution in [0.4, 0.5) is 0 Å². The number of benzene rings is 1. The first kappa shape index (κ1) is 8.74. The normalized spacial score (nSPS) is 9.50. The van der Waals surface area contributed by atoms with Crippen molar-refractivity contribution in [1.82, 2.24) is 0 Å². The van der Waals surface area contributed by atoms with Gasteiger partial charge in [0.25, 0.3) is 0 Å². The second kappa shape index (κ2) is 3.88. The summed E-state index contributed by atoms with van der Waals surface area (Å²) in [4.78, 5) is 19.2. The van der Waals surface area contributed by atoms with Gasteiger partial charge in [-0.3, -0.25) is 4.89 Å². The molecule has 0 spiro atoms. The Bertz CT molecular complexity index is 281. The van der Waals surface area contributed by atoms with Gasteiger partial charge in [-0.1, -0.05) is 17.7 Å². The van der Waals surface area contributed by atoms with E-state index in [2.05, 4.69) is 16.9 Å². The van der Waals surface area contributed by atoms with Crippen molar-refractivity contribution in [3.63, 3.8) is 0 Å². The summed E-state index contributed by atoms with van der Waals surface area (Å²) in [5.41, 5.74) is 1.45. The van der Waals surface area contributed by atoms with E-state index in [9.17, 15) is 4.79 Å². The van der Waals surface area contributed by atoms with E-state index in [1.807, 2.05) is 13.0 Å². The van der Waals surface area contributed by atoms with Gasteiger partial charge in [-0.25, -0.2) is 4.79 Å². The van der Waals surface area contributed by atoms with Crippen LogP contribution in [0.5, 0.6) is 0 Å². The molecule has 0 heterocycles. The lowest BCUT2D eigenvalue weighted by Crippen LogP contribution is -2.02. The Morgan fingerprint density at radius 3 is 2.83 bits per heavy atom. The zero-order chi connectivity index (χ0) is 8.97. The van der Waals surface area contributed by atoms with Crippen molar-refractivity contribution in [2.45, 2.75) is 6.92 Å². The van der Waals surface area contributed by atoms with Gasteiger partial charge in [-0.15, -0.1) is 0 Å². The lowest BCUT2D eigenvalue weighted by atomic mass is 10.1. The second-order valence-electron chi connectivity index (χ2n) is 2.36. The maximum absolute atomic E-state index is 11.0. The summed E-state index contributed by atoms with van der Waals surface area (Å²) in [6.45, 7) is 1.89. The van der Waals surface area contributed by atoms with E-state index in [0.29, 0.717) is 5.56 Å². The Labute approximate surface area is 70.8 Å². The van der Waals surface area contributed by atoms with Crippen molar-refractivity contribution in [1.29, 1.82) is 0 Å². The fourth-order valence-electron chi connectivity index (χ4n) is 0.874. The summed E-state index contributed by atoms with van der Waals surface area (Å²) in [6.07, 6.45) is 0. The minimum atomic E-state index is -0.534. The molecule has 0 N–H and O–H groups in total. The Morgan fingerprint density at radius 2 is 2.25 bits per heavy atom. The molecule has 1 aromatic rings. The van der Waals surface area contributed by atoms with Gasteiger partial charge >= 0.3 is 5.97 Å². The fourth-order valence-corrected chi connectivity index (χ4v) is 0.874. The van der Waals surface area contributed by atoms with Crippen LogP contribution in [0.25, 0.3) is 0 Å². The molecule has 12 heavy (non-hydrogen) atoms. The predicted molar refractivity (Wildman–Crippen MR) is 43.0 cm³/mol. The largest absolute Gasteiger partial charge is 0.373 e. The van der Waals surface area contributed by atoms with Crippen LogP contribution in [0.1, 0.15) is 15.9 Å². The number of hydrogen-bond acceptors (Lipinski definition) is 3. The number of carbonyl (C=O) groups excluding carboxylic acids is 1. The minimum absolute atomic E-state index is 0.457. The molecular formula is C9H9O3. The molecule has 0 aliphatic carbocycles. The highest BCUT2D eigenvalue weighted by atomic mass is 17.2. The van der Waals surface area contributed by atoms with Crippen molar-refractivity contribution >= 4 is 5.97 Å². The molecule has 0 saturated carbocycles. The Hall–Kier alpha value is -1.35. The van der Waals surface area contributed by atoms with Crippen LogP contribution in [-0.2, 0) is 9.78 Å². The first-order chi connectivity index (χ1) is 5.74. The highest BCUT2D eigenvalue weighted by molar-refractivity contribution is 5.89. The second-order valence-corrected chi connectivity index (χ2v) is 2.36. The highest BCUT2D eigenvalue weighted by Crippen LogP contribution is 2.05. The van der Waals surface area contributed by atoms with Gasteiger partial charge in [-0.05, 0) is 19.1 Å². The number of hydrogen-bond donors (Lipinski definition) is 0. The van der Waals surface area contributed by atoms with Crippen LogP contribution >= 0.6 is 0 Å². The van der Waals surface area contributed by atoms with Crippen molar-refractivity contribution < 1.29 is 14.6 Å². The molecule has 0 bridgehead atoms. The predicted octanol–water partition coefficient (Wildman–Crippen LogP) is 1.88. The van der Waals surface area contributed by atoms with Crippen molar-refractivity contribution in [2.75, 3.05) is 0 Å². The number of aryl methyl sites for hydroxylation is 1. The van der Waals surface area contributed by atoms with Gasteiger partial charge in [0.05, 0.1) is 5.56 Å². The maximum atomic E-state index is 11.0. The van der Waals surface area contributed by atoms with E-state index in [0.717, 1.165) is 5.56 Å². The van der Waals surface area contributed by atoms with E-state index >= 15 is 0 Å². The smallest absolute Gasteiger partial charge is 0.293 e. The molecule has 1 rings (SSSR count). The standard InChI is InChI=1S/C9H9O3/c1-7-4-3-5-8(6-7)9(10)12-11-2/h3-6H,2H2,1H3. The van der Waals surface area contributed by atoms with Crippen LogP contribution in [0.2, 0.25) is 0 Å². The zero-order valence-electron chi connectivity index (χ0n) is 6.74. The highest BCUT2D eigenvalue weighted by Gasteiger charge is 2.06. The van der Waals surface area contributed by atoms with Gasteiger partial charge in [0.15, 0.2) is 0 Å². The first-order valence-corrected chi connectivity index (χ1v) is 3.43. The Balaban J connectivity index is 2.81. The summed E-state index contributed by atoms with van der Waals surface area (Å²) < 4.78 is 0. The van der Waals surface area contributed by atoms with Crippen LogP contribution < -0.4 is 0 Å². The van der Waals surface area contributed by atoms with Crippen LogP contribution in [0.15, 0.2) is 24.3 Å². The monoisotopic (exact) mass is 165 g/mol. The molecule has 0 fully saturated rings. The van der Waals surface area contributed by atoms with Gasteiger partial charge < -0.3 is 0 Å². The number of carbonyl (C=O) groups is 1. The molecule has 1 aromatic carbocycles. The molecule has 0 unspecified atom stereocenters. The first-order valence-electron chi connectivity index (χ1n) is 3.43. The third kappa shape index (κ3) is 2.07. The van der Waals surface area contributed by atoms with Gasteiger partial charge in [0, 0.05) is 0 Å². The molecule has 0 amide bonds. The molecule has 0 aromatic heterocycles. The lowest BCUT2D eigenvalue weighted by Gasteiger charge is -1.99. The molecule has 0 saturated heterocycles. The topological polar surface area (TPSA) is 35.5 Å². The molecule has 0 aliphatic rings. The minimum Gasteiger partial charge on any atom is -0.293 e. The van der Waals surface area contributed by atoms with E-state index < -0.39 is 5.97 Å². The molecular weight excluding hydrogens is 156 g/mol.